The van der Waals surface area contributed by atoms with Crippen LogP contribution in [0, 0.1) is 5.41 Å². The van der Waals surface area contributed by atoms with E-state index in [4.69, 9.17) is 39.0 Å². The van der Waals surface area contributed by atoms with Crippen LogP contribution in [-0.4, -0.2) is 39.0 Å². The Bertz CT molecular complexity index is 961. The number of halogens is 1. The van der Waals surface area contributed by atoms with Crippen LogP contribution in [0.3, 0.4) is 0 Å². The molecule has 3 atom stereocenters. The molecule has 8 heteroatoms. The second-order valence-electron chi connectivity index (χ2n) is 6.71. The van der Waals surface area contributed by atoms with Crippen molar-refractivity contribution in [2.45, 2.75) is 23.0 Å². The number of hydrogen-bond acceptors (Lipinski definition) is 5. The van der Waals surface area contributed by atoms with Gasteiger partial charge in [0.25, 0.3) is 0 Å². The summed E-state index contributed by atoms with van der Waals surface area (Å²) in [5, 5.41) is -0.338. The van der Waals surface area contributed by atoms with Crippen LogP contribution in [-0.2, 0) is 14.6 Å². The van der Waals surface area contributed by atoms with Crippen molar-refractivity contribution in [1.82, 2.24) is 0 Å². The first-order valence-corrected chi connectivity index (χ1v) is 11.1. The van der Waals surface area contributed by atoms with E-state index in [-0.39, 0.29) is 16.5 Å². The van der Waals surface area contributed by atoms with Gasteiger partial charge in [0.1, 0.15) is 5.75 Å². The molecule has 0 heterocycles. The van der Waals surface area contributed by atoms with Crippen molar-refractivity contribution in [3.8, 4) is 5.75 Å². The van der Waals surface area contributed by atoms with Crippen LogP contribution in [0.15, 0.2) is 53.4 Å². The highest BCUT2D eigenvalue weighted by molar-refractivity contribution is 7.92. The number of benzene rings is 2. The maximum Gasteiger partial charge on any atom is 0.182 e. The Balaban J connectivity index is 2.08. The zero-order chi connectivity index (χ0) is 20.5. The van der Waals surface area contributed by atoms with Crippen LogP contribution < -0.4 is 10.5 Å². The van der Waals surface area contributed by atoms with Crippen molar-refractivity contribution in [3.63, 3.8) is 0 Å². The summed E-state index contributed by atoms with van der Waals surface area (Å²) < 4.78 is 37.7. The first-order valence-electron chi connectivity index (χ1n) is 8.80. The van der Waals surface area contributed by atoms with Gasteiger partial charge in [-0.2, -0.15) is 0 Å². The van der Waals surface area contributed by atoms with Crippen LogP contribution in [0.25, 0.3) is 0 Å². The van der Waals surface area contributed by atoms with Crippen LogP contribution in [0.5, 0.6) is 5.75 Å². The number of thiocarbonyl (C=S) groups is 1. The molecule has 0 unspecified atom stereocenters. The highest BCUT2D eigenvalue weighted by Crippen LogP contribution is 2.64. The molecule has 2 N–H and O–H groups in total. The van der Waals surface area contributed by atoms with E-state index in [2.05, 4.69) is 0 Å². The summed E-state index contributed by atoms with van der Waals surface area (Å²) in [5.41, 5.74) is 5.96. The van der Waals surface area contributed by atoms with Gasteiger partial charge in [-0.1, -0.05) is 36.0 Å². The largest absolute Gasteiger partial charge is 0.497 e. The van der Waals surface area contributed by atoms with Crippen molar-refractivity contribution < 1.29 is 17.9 Å². The van der Waals surface area contributed by atoms with Gasteiger partial charge in [0, 0.05) is 17.5 Å². The predicted octanol–water partition coefficient (Wildman–Crippen LogP) is 3.60. The Hall–Kier alpha value is -1.67. The third-order valence-electron chi connectivity index (χ3n) is 5.21. The fraction of sp³-hybridized carbons (Fsp3) is 0.350. The van der Waals surface area contributed by atoms with E-state index in [1.165, 1.54) is 12.1 Å². The van der Waals surface area contributed by atoms with Crippen molar-refractivity contribution in [3.05, 3.63) is 59.1 Å². The van der Waals surface area contributed by atoms with Crippen LogP contribution in [0.1, 0.15) is 18.4 Å². The topological polar surface area (TPSA) is 78.6 Å². The lowest BCUT2D eigenvalue weighted by atomic mass is 10.00. The van der Waals surface area contributed by atoms with E-state index in [1.807, 2.05) is 19.1 Å². The Kier molecular flexibility index (Phi) is 6.00. The number of methoxy groups -OCH3 is 1. The summed E-state index contributed by atoms with van der Waals surface area (Å²) in [6.07, 6.45) is 0. The third kappa shape index (κ3) is 3.52. The maximum absolute atomic E-state index is 13.5. The molecule has 0 saturated heterocycles. The minimum atomic E-state index is -3.72. The molecule has 1 saturated carbocycles. The Morgan fingerprint density at radius 3 is 2.29 bits per heavy atom. The summed E-state index contributed by atoms with van der Waals surface area (Å²) in [7, 11) is -2.14. The van der Waals surface area contributed by atoms with Crippen LogP contribution >= 0.6 is 23.8 Å². The summed E-state index contributed by atoms with van der Waals surface area (Å²) >= 11 is 11.3. The normalized spacial score (nSPS) is 24.0. The van der Waals surface area contributed by atoms with E-state index in [9.17, 15) is 8.42 Å². The van der Waals surface area contributed by atoms with E-state index < -0.39 is 26.4 Å². The Labute approximate surface area is 175 Å². The second kappa shape index (κ2) is 7.99. The average Bonchev–Trinajstić information content (AvgIpc) is 3.38. The lowest BCUT2D eigenvalue weighted by Gasteiger charge is -2.17. The monoisotopic (exact) mass is 439 g/mol. The second-order valence-corrected chi connectivity index (χ2v) is 9.66. The maximum atomic E-state index is 13.5. The molecule has 0 amide bonds. The van der Waals surface area contributed by atoms with Gasteiger partial charge in [0.2, 0.25) is 0 Å². The van der Waals surface area contributed by atoms with E-state index in [1.54, 1.807) is 31.4 Å². The molecule has 1 fully saturated rings. The van der Waals surface area contributed by atoms with Gasteiger partial charge in [-0.15, -0.1) is 0 Å². The lowest BCUT2D eigenvalue weighted by Crippen LogP contribution is -2.33. The molecule has 3 rings (SSSR count). The SMILES string of the molecule is CCOC[C@]1(C(N)=S)[C@H](c2ccc(OC)cc2)[C@H]1S(=O)(=O)c1ccc(Cl)cc1. The Morgan fingerprint density at radius 1 is 1.18 bits per heavy atom. The molecular weight excluding hydrogens is 418 g/mol. The smallest absolute Gasteiger partial charge is 0.182 e. The molecule has 0 aromatic heterocycles. The summed E-state index contributed by atoms with van der Waals surface area (Å²) in [4.78, 5) is 0.333. The predicted molar refractivity (Wildman–Crippen MR) is 114 cm³/mol. The van der Waals surface area contributed by atoms with E-state index >= 15 is 0 Å². The van der Waals surface area contributed by atoms with E-state index in [0.29, 0.717) is 17.4 Å². The molecule has 0 bridgehead atoms. The van der Waals surface area contributed by atoms with Crippen LogP contribution in [0.2, 0.25) is 5.02 Å². The molecule has 5 nitrogen and oxygen atoms in total. The van der Waals surface area contributed by atoms with E-state index in [0.717, 1.165) is 5.56 Å². The van der Waals surface area contributed by atoms with Gasteiger partial charge >= 0.3 is 0 Å². The van der Waals surface area contributed by atoms with Crippen molar-refractivity contribution in [2.75, 3.05) is 20.3 Å². The summed E-state index contributed by atoms with van der Waals surface area (Å²) in [5.74, 6) is 0.287. The molecule has 150 valence electrons. The molecule has 0 radical (unpaired) electrons. The molecule has 0 spiro atoms. The fourth-order valence-electron chi connectivity index (χ4n) is 3.72. The van der Waals surface area contributed by atoms with Crippen molar-refractivity contribution in [1.29, 1.82) is 0 Å². The fourth-order valence-corrected chi connectivity index (χ4v) is 6.62. The minimum absolute atomic E-state index is 0.143. The average molecular weight is 440 g/mol. The molecule has 0 aliphatic heterocycles. The zero-order valence-corrected chi connectivity index (χ0v) is 18.0. The molecule has 1 aliphatic rings. The van der Waals surface area contributed by atoms with Crippen LogP contribution in [0.4, 0.5) is 0 Å². The number of hydrogen-bond donors (Lipinski definition) is 1. The van der Waals surface area contributed by atoms with Gasteiger partial charge < -0.3 is 15.2 Å². The highest BCUT2D eigenvalue weighted by atomic mass is 35.5. The van der Waals surface area contributed by atoms with Gasteiger partial charge in [-0.05, 0) is 48.9 Å². The number of ether oxygens (including phenoxy) is 2. The summed E-state index contributed by atoms with van der Waals surface area (Å²) in [6.45, 7) is 2.43. The molecule has 2 aromatic rings. The van der Waals surface area contributed by atoms with Crippen molar-refractivity contribution in [2.24, 2.45) is 11.1 Å². The lowest BCUT2D eigenvalue weighted by molar-refractivity contribution is 0.121. The zero-order valence-electron chi connectivity index (χ0n) is 15.6. The third-order valence-corrected chi connectivity index (χ3v) is 8.13. The van der Waals surface area contributed by atoms with Gasteiger partial charge in [0.15, 0.2) is 9.84 Å². The molecule has 2 aromatic carbocycles. The Morgan fingerprint density at radius 2 is 1.79 bits per heavy atom. The van der Waals surface area contributed by atoms with Crippen molar-refractivity contribution >= 4 is 38.6 Å². The highest BCUT2D eigenvalue weighted by Gasteiger charge is 2.73. The quantitative estimate of drug-likeness (QED) is 0.633. The van der Waals surface area contributed by atoms with Gasteiger partial charge in [-0.25, -0.2) is 8.42 Å². The first-order chi connectivity index (χ1) is 13.3. The first kappa shape index (κ1) is 21.0. The van der Waals surface area contributed by atoms with Gasteiger partial charge in [-0.3, -0.25) is 0 Å². The molecule has 28 heavy (non-hydrogen) atoms. The van der Waals surface area contributed by atoms with Gasteiger partial charge in [0.05, 0.1) is 34.3 Å². The standard InChI is InChI=1S/C20H22ClNO4S2/c1-3-26-12-20(19(22)27)17(13-4-8-15(25-2)9-5-13)18(20)28(23,24)16-10-6-14(21)7-11-16/h4-11,17-18H,3,12H2,1-2H3,(H2,22,27)/t17-,18-,20+/m1/s1. The number of sulfone groups is 1. The minimum Gasteiger partial charge on any atom is -0.497 e. The summed E-state index contributed by atoms with van der Waals surface area (Å²) in [6, 6.07) is 13.4. The number of nitrogens with two attached hydrogens (primary N) is 1. The molecular formula is C20H22ClNO4S2. The number of rotatable bonds is 8. The molecule has 1 aliphatic carbocycles.